The van der Waals surface area contributed by atoms with Crippen LogP contribution in [0.2, 0.25) is 0 Å². The second-order valence-electron chi connectivity index (χ2n) is 11.1. The average Bonchev–Trinajstić information content (AvgIpc) is 2.81. The molecular weight excluding hydrogens is 412 g/mol. The van der Waals surface area contributed by atoms with Gasteiger partial charge in [0.05, 0.1) is 0 Å². The van der Waals surface area contributed by atoms with Crippen molar-refractivity contribution in [1.82, 2.24) is 11.5 Å². The van der Waals surface area contributed by atoms with E-state index < -0.39 is 0 Å². The maximum atomic E-state index is 3.51. The van der Waals surface area contributed by atoms with E-state index in [4.69, 9.17) is 0 Å². The van der Waals surface area contributed by atoms with Gasteiger partial charge in [-0.2, -0.15) is 0 Å². The van der Waals surface area contributed by atoms with Crippen LogP contribution in [0.4, 0.5) is 0 Å². The van der Waals surface area contributed by atoms with Crippen molar-refractivity contribution in [3.8, 4) is 0 Å². The Hall–Kier alpha value is -0.0800. The molecule has 0 amide bonds. The first-order chi connectivity index (χ1) is 16.3. The van der Waals surface area contributed by atoms with Crippen LogP contribution in [0.3, 0.4) is 0 Å². The standard InChI is InChI=1S/C32H67N.H3N/c1-4-6-7-8-9-10-11-12-13-14-15-16-17-18-19-20-21-22-23-24-25-26-27-28-29-30-31-32(3)33-5-2;/h32-33H,4-31H2,1-3H3;1H3. The van der Waals surface area contributed by atoms with Crippen LogP contribution in [0.25, 0.3) is 0 Å². The minimum atomic E-state index is 0. The monoisotopic (exact) mass is 483 g/mol. The van der Waals surface area contributed by atoms with Crippen molar-refractivity contribution in [3.05, 3.63) is 0 Å². The van der Waals surface area contributed by atoms with Crippen LogP contribution in [0.1, 0.15) is 194 Å². The van der Waals surface area contributed by atoms with Crippen LogP contribution in [0, 0.1) is 0 Å². The lowest BCUT2D eigenvalue weighted by Crippen LogP contribution is -2.25. The fourth-order valence-electron chi connectivity index (χ4n) is 5.22. The first kappa shape index (κ1) is 36.1. The number of unbranched alkanes of at least 4 members (excludes halogenated alkanes) is 25. The van der Waals surface area contributed by atoms with Crippen molar-refractivity contribution in [2.45, 2.75) is 200 Å². The number of hydrogen-bond donors (Lipinski definition) is 2. The van der Waals surface area contributed by atoms with Gasteiger partial charge in [-0.25, -0.2) is 0 Å². The molecule has 1 atom stereocenters. The Bertz CT molecular complexity index is 331. The summed E-state index contributed by atoms with van der Waals surface area (Å²) in [4.78, 5) is 0. The zero-order valence-corrected chi connectivity index (χ0v) is 24.6. The van der Waals surface area contributed by atoms with E-state index >= 15 is 0 Å². The highest BCUT2D eigenvalue weighted by Gasteiger charge is 1.99. The first-order valence-corrected chi connectivity index (χ1v) is 16.0. The molecule has 0 spiro atoms. The van der Waals surface area contributed by atoms with Crippen molar-refractivity contribution >= 4 is 0 Å². The molecule has 4 N–H and O–H groups in total. The zero-order chi connectivity index (χ0) is 24.1. The Kier molecular flexibility index (Phi) is 34.9. The minimum absolute atomic E-state index is 0. The van der Waals surface area contributed by atoms with Gasteiger partial charge in [-0.15, -0.1) is 0 Å². The Labute approximate surface area is 218 Å². The number of hydrogen-bond acceptors (Lipinski definition) is 2. The smallest absolute Gasteiger partial charge is 0.00386 e. The van der Waals surface area contributed by atoms with Crippen LogP contribution < -0.4 is 11.5 Å². The zero-order valence-electron chi connectivity index (χ0n) is 24.6. The highest BCUT2D eigenvalue weighted by atomic mass is 14.9. The van der Waals surface area contributed by atoms with Crippen LogP contribution in [-0.2, 0) is 0 Å². The van der Waals surface area contributed by atoms with E-state index in [-0.39, 0.29) is 6.15 Å². The summed E-state index contributed by atoms with van der Waals surface area (Å²) in [6.07, 6.45) is 39.7. The molecule has 0 aliphatic carbocycles. The van der Waals surface area contributed by atoms with E-state index in [2.05, 4.69) is 26.1 Å². The van der Waals surface area contributed by atoms with Gasteiger partial charge in [0.1, 0.15) is 0 Å². The highest BCUT2D eigenvalue weighted by Crippen LogP contribution is 2.16. The van der Waals surface area contributed by atoms with Crippen LogP contribution in [0.15, 0.2) is 0 Å². The predicted octanol–water partition coefficient (Wildman–Crippen LogP) is 11.7. The molecule has 0 saturated carbocycles. The molecule has 34 heavy (non-hydrogen) atoms. The van der Waals surface area contributed by atoms with Crippen LogP contribution in [-0.4, -0.2) is 12.6 Å². The van der Waals surface area contributed by atoms with Gasteiger partial charge in [0.2, 0.25) is 0 Å². The number of rotatable bonds is 29. The normalized spacial score (nSPS) is 12.1. The molecule has 0 aromatic rings. The summed E-state index contributed by atoms with van der Waals surface area (Å²) >= 11 is 0. The Morgan fingerprint density at radius 1 is 0.382 bits per heavy atom. The quantitative estimate of drug-likeness (QED) is 0.104. The van der Waals surface area contributed by atoms with Crippen LogP contribution in [0.5, 0.6) is 0 Å². The third-order valence-corrected chi connectivity index (χ3v) is 7.54. The van der Waals surface area contributed by atoms with Gasteiger partial charge in [0.25, 0.3) is 0 Å². The summed E-state index contributed by atoms with van der Waals surface area (Å²) in [6.45, 7) is 7.95. The average molecular weight is 483 g/mol. The fourth-order valence-corrected chi connectivity index (χ4v) is 5.22. The Morgan fingerprint density at radius 3 is 0.853 bits per heavy atom. The lowest BCUT2D eigenvalue weighted by molar-refractivity contribution is 0.484. The Balaban J connectivity index is 0. The molecule has 0 rings (SSSR count). The number of nitrogens with one attached hydrogen (secondary N) is 1. The molecule has 0 aliphatic heterocycles. The third-order valence-electron chi connectivity index (χ3n) is 7.54. The topological polar surface area (TPSA) is 47.0 Å². The van der Waals surface area contributed by atoms with Crippen molar-refractivity contribution in [2.75, 3.05) is 6.54 Å². The lowest BCUT2D eigenvalue weighted by atomic mass is 10.0. The molecule has 0 heterocycles. The first-order valence-electron chi connectivity index (χ1n) is 16.0. The van der Waals surface area contributed by atoms with Gasteiger partial charge in [0.15, 0.2) is 0 Å². The SMILES string of the molecule is CCCCCCCCCCCCCCCCCCCCCCCCCCCCC(C)NCC.N. The molecule has 208 valence electrons. The summed E-state index contributed by atoms with van der Waals surface area (Å²) in [5.41, 5.74) is 0. The van der Waals surface area contributed by atoms with Gasteiger partial charge >= 0.3 is 0 Å². The maximum absolute atomic E-state index is 3.51. The van der Waals surface area contributed by atoms with E-state index in [0.29, 0.717) is 6.04 Å². The van der Waals surface area contributed by atoms with E-state index in [1.807, 2.05) is 0 Å². The van der Waals surface area contributed by atoms with Crippen molar-refractivity contribution in [2.24, 2.45) is 0 Å². The van der Waals surface area contributed by atoms with E-state index in [1.54, 1.807) is 0 Å². The van der Waals surface area contributed by atoms with E-state index in [9.17, 15) is 0 Å². The van der Waals surface area contributed by atoms with Crippen LogP contribution >= 0.6 is 0 Å². The van der Waals surface area contributed by atoms with Crippen molar-refractivity contribution in [3.63, 3.8) is 0 Å². The molecule has 0 radical (unpaired) electrons. The molecule has 0 saturated heterocycles. The summed E-state index contributed by atoms with van der Waals surface area (Å²) < 4.78 is 0. The molecule has 0 aromatic heterocycles. The molecule has 1 unspecified atom stereocenters. The maximum Gasteiger partial charge on any atom is 0.00386 e. The molecule has 0 bridgehead atoms. The van der Waals surface area contributed by atoms with Gasteiger partial charge in [-0.05, 0) is 19.9 Å². The highest BCUT2D eigenvalue weighted by molar-refractivity contribution is 4.59. The Morgan fingerprint density at radius 2 is 0.618 bits per heavy atom. The van der Waals surface area contributed by atoms with Gasteiger partial charge in [0, 0.05) is 6.04 Å². The second kappa shape index (κ2) is 32.9. The minimum Gasteiger partial charge on any atom is -0.344 e. The molecule has 2 nitrogen and oxygen atoms in total. The molecular formula is C32H70N2. The predicted molar refractivity (Wildman–Crippen MR) is 158 cm³/mol. The fraction of sp³-hybridized carbons (Fsp3) is 1.00. The summed E-state index contributed by atoms with van der Waals surface area (Å²) in [6, 6.07) is 0.712. The summed E-state index contributed by atoms with van der Waals surface area (Å²) in [5.74, 6) is 0. The third kappa shape index (κ3) is 31.9. The van der Waals surface area contributed by atoms with Crippen molar-refractivity contribution in [1.29, 1.82) is 0 Å². The molecule has 2 heteroatoms. The molecule has 0 aliphatic rings. The molecule has 0 fully saturated rings. The molecule has 0 aromatic carbocycles. The van der Waals surface area contributed by atoms with E-state index in [0.717, 1.165) is 6.54 Å². The summed E-state index contributed by atoms with van der Waals surface area (Å²) in [5, 5.41) is 3.51. The van der Waals surface area contributed by atoms with Gasteiger partial charge < -0.3 is 11.5 Å². The second-order valence-corrected chi connectivity index (χ2v) is 11.1. The summed E-state index contributed by atoms with van der Waals surface area (Å²) in [7, 11) is 0. The lowest BCUT2D eigenvalue weighted by Gasteiger charge is -2.11. The van der Waals surface area contributed by atoms with Crippen molar-refractivity contribution < 1.29 is 0 Å². The van der Waals surface area contributed by atoms with Gasteiger partial charge in [-0.1, -0.05) is 181 Å². The van der Waals surface area contributed by atoms with E-state index in [1.165, 1.54) is 173 Å². The van der Waals surface area contributed by atoms with Gasteiger partial charge in [-0.3, -0.25) is 0 Å². The largest absolute Gasteiger partial charge is 0.344 e.